The number of pyridine rings is 1. The number of nitrogens with zero attached hydrogens (tertiary/aromatic N) is 1. The molecule has 0 spiro atoms. The lowest BCUT2D eigenvalue weighted by atomic mass is 9.97. The number of halogens is 3. The van der Waals surface area contributed by atoms with Crippen molar-refractivity contribution in [1.29, 1.82) is 0 Å². The Hall–Kier alpha value is -2.57. The van der Waals surface area contributed by atoms with Crippen molar-refractivity contribution in [2.24, 2.45) is 0 Å². The molecule has 0 fully saturated rings. The van der Waals surface area contributed by atoms with E-state index in [-0.39, 0.29) is 23.3 Å². The third kappa shape index (κ3) is 3.36. The molecule has 0 radical (unpaired) electrons. The van der Waals surface area contributed by atoms with E-state index < -0.39 is 17.7 Å². The molecule has 1 N–H and O–H groups in total. The van der Waals surface area contributed by atoms with Gasteiger partial charge in [0.05, 0.1) is 25.3 Å². The zero-order valence-corrected chi connectivity index (χ0v) is 11.5. The third-order valence-corrected chi connectivity index (χ3v) is 3.07. The number of carbonyl (C=O) groups is 1. The molecule has 1 aromatic heterocycles. The number of hydrogen-bond acceptors (Lipinski definition) is 3. The summed E-state index contributed by atoms with van der Waals surface area (Å²) >= 11 is 0. The molecular formula is C15H12F3NO3. The monoisotopic (exact) mass is 311 g/mol. The molecule has 0 bridgehead atoms. The van der Waals surface area contributed by atoms with Gasteiger partial charge in [0.1, 0.15) is 5.75 Å². The zero-order chi connectivity index (χ0) is 16.3. The molecule has 0 aliphatic heterocycles. The van der Waals surface area contributed by atoms with E-state index in [1.54, 1.807) is 0 Å². The Labute approximate surface area is 124 Å². The topological polar surface area (TPSA) is 59.4 Å². The summed E-state index contributed by atoms with van der Waals surface area (Å²) in [5.41, 5.74) is 0.00347. The first-order valence-corrected chi connectivity index (χ1v) is 6.23. The SMILES string of the molecule is COc1cncc(-c2cccc(C(F)(F)F)c2)c1CC(=O)O. The molecule has 2 rings (SSSR count). The highest BCUT2D eigenvalue weighted by Crippen LogP contribution is 2.35. The Balaban J connectivity index is 2.59. The fourth-order valence-corrected chi connectivity index (χ4v) is 2.09. The summed E-state index contributed by atoms with van der Waals surface area (Å²) in [5, 5.41) is 8.99. The van der Waals surface area contributed by atoms with Crippen LogP contribution in [0.25, 0.3) is 11.1 Å². The Kier molecular flexibility index (Phi) is 4.35. The van der Waals surface area contributed by atoms with Crippen molar-refractivity contribution in [2.75, 3.05) is 7.11 Å². The maximum atomic E-state index is 12.8. The van der Waals surface area contributed by atoms with Crippen LogP contribution in [-0.2, 0) is 17.4 Å². The lowest BCUT2D eigenvalue weighted by molar-refractivity contribution is -0.138. The van der Waals surface area contributed by atoms with Crippen molar-refractivity contribution in [3.8, 4) is 16.9 Å². The molecule has 1 aromatic carbocycles. The van der Waals surface area contributed by atoms with E-state index >= 15 is 0 Å². The largest absolute Gasteiger partial charge is 0.495 e. The average Bonchev–Trinajstić information content (AvgIpc) is 2.46. The smallest absolute Gasteiger partial charge is 0.416 e. The molecule has 0 saturated heterocycles. The minimum atomic E-state index is -4.48. The second kappa shape index (κ2) is 6.05. The first-order chi connectivity index (χ1) is 10.3. The number of aromatic nitrogens is 1. The Bertz CT molecular complexity index is 699. The fraction of sp³-hybridized carbons (Fsp3) is 0.200. The number of methoxy groups -OCH3 is 1. The molecular weight excluding hydrogens is 299 g/mol. The third-order valence-electron chi connectivity index (χ3n) is 3.07. The highest BCUT2D eigenvalue weighted by Gasteiger charge is 2.30. The predicted molar refractivity (Wildman–Crippen MR) is 72.6 cm³/mol. The van der Waals surface area contributed by atoms with Crippen LogP contribution in [0.4, 0.5) is 13.2 Å². The van der Waals surface area contributed by atoms with Gasteiger partial charge in [-0.15, -0.1) is 0 Å². The van der Waals surface area contributed by atoms with Crippen LogP contribution in [0, 0.1) is 0 Å². The van der Waals surface area contributed by atoms with Crippen molar-refractivity contribution in [2.45, 2.75) is 12.6 Å². The predicted octanol–water partition coefficient (Wildman–Crippen LogP) is 3.40. The van der Waals surface area contributed by atoms with E-state index in [0.717, 1.165) is 12.1 Å². The average molecular weight is 311 g/mol. The van der Waals surface area contributed by atoms with Crippen LogP contribution >= 0.6 is 0 Å². The van der Waals surface area contributed by atoms with E-state index in [4.69, 9.17) is 9.84 Å². The molecule has 22 heavy (non-hydrogen) atoms. The lowest BCUT2D eigenvalue weighted by Crippen LogP contribution is -2.07. The summed E-state index contributed by atoms with van der Waals surface area (Å²) in [6.07, 6.45) is -2.20. The maximum absolute atomic E-state index is 12.8. The normalized spacial score (nSPS) is 11.3. The van der Waals surface area contributed by atoms with Crippen LogP contribution in [0.1, 0.15) is 11.1 Å². The highest BCUT2D eigenvalue weighted by atomic mass is 19.4. The first-order valence-electron chi connectivity index (χ1n) is 6.23. The van der Waals surface area contributed by atoms with E-state index in [1.807, 2.05) is 0 Å². The van der Waals surface area contributed by atoms with Gasteiger partial charge < -0.3 is 9.84 Å². The fourth-order valence-electron chi connectivity index (χ4n) is 2.09. The summed E-state index contributed by atoms with van der Waals surface area (Å²) in [5.74, 6) is -0.893. The van der Waals surface area contributed by atoms with Crippen LogP contribution in [-0.4, -0.2) is 23.2 Å². The highest BCUT2D eigenvalue weighted by molar-refractivity contribution is 5.78. The Morgan fingerprint density at radius 1 is 1.32 bits per heavy atom. The van der Waals surface area contributed by atoms with Crippen LogP contribution in [0.15, 0.2) is 36.7 Å². The molecule has 0 aliphatic carbocycles. The minimum absolute atomic E-state index is 0.220. The molecule has 2 aromatic rings. The zero-order valence-electron chi connectivity index (χ0n) is 11.5. The number of rotatable bonds is 4. The van der Waals surface area contributed by atoms with E-state index in [0.29, 0.717) is 5.56 Å². The lowest BCUT2D eigenvalue weighted by Gasteiger charge is -2.13. The number of ether oxygens (including phenoxy) is 1. The van der Waals surface area contributed by atoms with Crippen LogP contribution < -0.4 is 4.74 Å². The maximum Gasteiger partial charge on any atom is 0.416 e. The second-order valence-corrected chi connectivity index (χ2v) is 4.52. The first kappa shape index (κ1) is 15.8. The van der Waals surface area contributed by atoms with Crippen LogP contribution in [0.2, 0.25) is 0 Å². The summed E-state index contributed by atoms with van der Waals surface area (Å²) < 4.78 is 43.5. The summed E-state index contributed by atoms with van der Waals surface area (Å²) in [6, 6.07) is 4.65. The molecule has 1 heterocycles. The number of carboxylic acids is 1. The van der Waals surface area contributed by atoms with Crippen LogP contribution in [0.3, 0.4) is 0 Å². The number of alkyl halides is 3. The van der Waals surface area contributed by atoms with Crippen molar-refractivity contribution >= 4 is 5.97 Å². The molecule has 0 aliphatic rings. The molecule has 4 nitrogen and oxygen atoms in total. The Morgan fingerprint density at radius 2 is 2.05 bits per heavy atom. The van der Waals surface area contributed by atoms with Gasteiger partial charge in [-0.1, -0.05) is 12.1 Å². The van der Waals surface area contributed by atoms with E-state index in [1.165, 1.54) is 31.6 Å². The van der Waals surface area contributed by atoms with Crippen molar-refractivity contribution in [3.63, 3.8) is 0 Å². The van der Waals surface area contributed by atoms with Gasteiger partial charge in [0.15, 0.2) is 0 Å². The van der Waals surface area contributed by atoms with Gasteiger partial charge in [-0.25, -0.2) is 0 Å². The number of hydrogen-bond donors (Lipinski definition) is 1. The molecule has 116 valence electrons. The number of benzene rings is 1. The van der Waals surface area contributed by atoms with Crippen molar-refractivity contribution in [3.05, 3.63) is 47.8 Å². The van der Waals surface area contributed by atoms with Crippen LogP contribution in [0.5, 0.6) is 5.75 Å². The summed E-state index contributed by atoms with van der Waals surface area (Å²) in [7, 11) is 1.35. The van der Waals surface area contributed by atoms with Gasteiger partial charge in [-0.2, -0.15) is 13.2 Å². The molecule has 0 saturated carbocycles. The molecule has 0 atom stereocenters. The number of carboxylic acid groups (broad SMARTS) is 1. The summed E-state index contributed by atoms with van der Waals surface area (Å²) in [4.78, 5) is 14.9. The molecule has 0 unspecified atom stereocenters. The van der Waals surface area contributed by atoms with Gasteiger partial charge >= 0.3 is 12.1 Å². The molecule has 7 heteroatoms. The quantitative estimate of drug-likeness (QED) is 0.940. The summed E-state index contributed by atoms with van der Waals surface area (Å²) in [6.45, 7) is 0. The van der Waals surface area contributed by atoms with Gasteiger partial charge in [0.2, 0.25) is 0 Å². The number of aliphatic carboxylic acids is 1. The van der Waals surface area contributed by atoms with Gasteiger partial charge in [0.25, 0.3) is 0 Å². The standard InChI is InChI=1S/C15H12F3NO3/c1-22-13-8-19-7-12(11(13)6-14(20)21)9-3-2-4-10(5-9)15(16,17)18/h2-5,7-8H,6H2,1H3,(H,20,21). The van der Waals surface area contributed by atoms with Gasteiger partial charge in [0, 0.05) is 17.3 Å². The van der Waals surface area contributed by atoms with Crippen molar-refractivity contribution < 1.29 is 27.8 Å². The minimum Gasteiger partial charge on any atom is -0.495 e. The van der Waals surface area contributed by atoms with E-state index in [9.17, 15) is 18.0 Å². The van der Waals surface area contributed by atoms with E-state index in [2.05, 4.69) is 4.98 Å². The second-order valence-electron chi connectivity index (χ2n) is 4.52. The van der Waals surface area contributed by atoms with Crippen molar-refractivity contribution in [1.82, 2.24) is 4.98 Å². The van der Waals surface area contributed by atoms with Gasteiger partial charge in [-0.05, 0) is 17.7 Å². The molecule has 0 amide bonds. The Morgan fingerprint density at radius 3 is 2.64 bits per heavy atom. The van der Waals surface area contributed by atoms with Gasteiger partial charge in [-0.3, -0.25) is 9.78 Å².